The molecule has 6 nitrogen and oxygen atoms in total. The summed E-state index contributed by atoms with van der Waals surface area (Å²) in [5.41, 5.74) is -0.107. The zero-order chi connectivity index (χ0) is 15.7. The van der Waals surface area contributed by atoms with Crippen LogP contribution in [0.15, 0.2) is 22.8 Å². The van der Waals surface area contributed by atoms with Gasteiger partial charge in [0.1, 0.15) is 5.60 Å². The van der Waals surface area contributed by atoms with Crippen LogP contribution in [0.1, 0.15) is 23.4 Å². The summed E-state index contributed by atoms with van der Waals surface area (Å²) in [6.45, 7) is 7.06. The highest BCUT2D eigenvalue weighted by Crippen LogP contribution is 2.37. The first-order valence-electron chi connectivity index (χ1n) is 8.51. The largest absolute Gasteiger partial charge is 0.459 e. The number of morpholine rings is 1. The first-order chi connectivity index (χ1) is 11.2. The number of likely N-dealkylation sites (tertiary alicyclic amines) is 1. The fourth-order valence-electron chi connectivity index (χ4n) is 3.81. The third-order valence-electron chi connectivity index (χ3n) is 5.23. The maximum absolute atomic E-state index is 12.2. The number of hydrogen-bond acceptors (Lipinski definition) is 5. The Kier molecular flexibility index (Phi) is 4.13. The summed E-state index contributed by atoms with van der Waals surface area (Å²) in [7, 11) is 0. The van der Waals surface area contributed by atoms with E-state index in [1.54, 1.807) is 12.1 Å². The van der Waals surface area contributed by atoms with Gasteiger partial charge < -0.3 is 18.8 Å². The molecule has 1 spiro atoms. The van der Waals surface area contributed by atoms with Crippen LogP contribution in [0.3, 0.4) is 0 Å². The van der Waals surface area contributed by atoms with Crippen LogP contribution in [0.25, 0.3) is 0 Å². The minimum atomic E-state index is -0.107. The lowest BCUT2D eigenvalue weighted by molar-refractivity contribution is -0.169. The molecule has 126 valence electrons. The number of carbonyl (C=O) groups excluding carboxylic acids is 1. The van der Waals surface area contributed by atoms with Gasteiger partial charge in [0.05, 0.1) is 39.2 Å². The fourth-order valence-corrected chi connectivity index (χ4v) is 3.81. The Morgan fingerprint density at radius 2 is 2.13 bits per heavy atom. The Bertz CT molecular complexity index is 523. The Hall–Kier alpha value is -1.37. The van der Waals surface area contributed by atoms with Crippen molar-refractivity contribution < 1.29 is 18.7 Å². The summed E-state index contributed by atoms with van der Waals surface area (Å²) >= 11 is 0. The molecule has 23 heavy (non-hydrogen) atoms. The second kappa shape index (κ2) is 6.26. The van der Waals surface area contributed by atoms with Gasteiger partial charge in [-0.2, -0.15) is 0 Å². The molecule has 1 atom stereocenters. The van der Waals surface area contributed by atoms with Crippen LogP contribution < -0.4 is 0 Å². The molecule has 0 aromatic carbocycles. The maximum Gasteiger partial charge on any atom is 0.289 e. The summed E-state index contributed by atoms with van der Waals surface area (Å²) in [5, 5.41) is 0. The summed E-state index contributed by atoms with van der Waals surface area (Å²) in [4.78, 5) is 16.5. The topological polar surface area (TPSA) is 55.2 Å². The van der Waals surface area contributed by atoms with Crippen LogP contribution in [-0.2, 0) is 9.47 Å². The molecule has 0 bridgehead atoms. The molecule has 3 aliphatic heterocycles. The molecule has 1 unspecified atom stereocenters. The number of ether oxygens (including phenoxy) is 2. The van der Waals surface area contributed by atoms with E-state index in [2.05, 4.69) is 4.90 Å². The maximum atomic E-state index is 12.2. The van der Waals surface area contributed by atoms with Gasteiger partial charge in [0.25, 0.3) is 5.91 Å². The quantitative estimate of drug-likeness (QED) is 0.838. The minimum Gasteiger partial charge on any atom is -0.459 e. The van der Waals surface area contributed by atoms with Gasteiger partial charge in [-0.25, -0.2) is 0 Å². The van der Waals surface area contributed by atoms with Crippen LogP contribution in [0, 0.1) is 5.92 Å². The van der Waals surface area contributed by atoms with Gasteiger partial charge in [0.2, 0.25) is 0 Å². The van der Waals surface area contributed by atoms with Gasteiger partial charge in [-0.1, -0.05) is 0 Å². The Morgan fingerprint density at radius 1 is 1.30 bits per heavy atom. The van der Waals surface area contributed by atoms with Gasteiger partial charge in [-0.15, -0.1) is 0 Å². The van der Waals surface area contributed by atoms with Crippen molar-refractivity contribution in [1.82, 2.24) is 9.80 Å². The molecule has 1 aromatic rings. The highest BCUT2D eigenvalue weighted by molar-refractivity contribution is 5.92. The third-order valence-corrected chi connectivity index (χ3v) is 5.23. The molecule has 1 aromatic heterocycles. The normalized spacial score (nSPS) is 27.8. The van der Waals surface area contributed by atoms with E-state index in [9.17, 15) is 4.79 Å². The summed E-state index contributed by atoms with van der Waals surface area (Å²) in [5.74, 6) is 0.995. The SMILES string of the molecule is O=C(c1ccco1)N1CC2(CCC(CN3CCOCC3)CO2)C1. The van der Waals surface area contributed by atoms with Crippen molar-refractivity contribution in [3.63, 3.8) is 0 Å². The second-order valence-corrected chi connectivity index (χ2v) is 6.95. The van der Waals surface area contributed by atoms with E-state index in [0.29, 0.717) is 24.8 Å². The van der Waals surface area contributed by atoms with E-state index in [0.717, 1.165) is 45.9 Å². The predicted molar refractivity (Wildman–Crippen MR) is 83.3 cm³/mol. The predicted octanol–water partition coefficient (Wildman–Crippen LogP) is 1.23. The standard InChI is InChI=1S/C17H24N2O4/c20-16(15-2-1-7-22-15)19-12-17(13-19)4-3-14(11-23-17)10-18-5-8-21-9-6-18/h1-2,7,14H,3-6,8-13H2. The van der Waals surface area contributed by atoms with Crippen LogP contribution >= 0.6 is 0 Å². The third kappa shape index (κ3) is 3.16. The molecule has 0 radical (unpaired) electrons. The van der Waals surface area contributed by atoms with Crippen molar-refractivity contribution in [1.29, 1.82) is 0 Å². The van der Waals surface area contributed by atoms with Gasteiger partial charge in [0, 0.05) is 19.6 Å². The molecule has 3 fully saturated rings. The zero-order valence-electron chi connectivity index (χ0n) is 13.4. The zero-order valence-corrected chi connectivity index (χ0v) is 13.4. The van der Waals surface area contributed by atoms with Gasteiger partial charge in [-0.3, -0.25) is 9.69 Å². The number of furan rings is 1. The summed E-state index contributed by atoms with van der Waals surface area (Å²) < 4.78 is 16.7. The van der Waals surface area contributed by atoms with Crippen molar-refractivity contribution in [2.24, 2.45) is 5.92 Å². The lowest BCUT2D eigenvalue weighted by Gasteiger charge is -2.52. The monoisotopic (exact) mass is 320 g/mol. The number of hydrogen-bond donors (Lipinski definition) is 0. The van der Waals surface area contributed by atoms with E-state index in [1.165, 1.54) is 12.7 Å². The Morgan fingerprint density at radius 3 is 2.78 bits per heavy atom. The highest BCUT2D eigenvalue weighted by Gasteiger charge is 2.49. The Labute approximate surface area is 136 Å². The molecule has 3 aliphatic rings. The lowest BCUT2D eigenvalue weighted by atomic mass is 9.82. The average Bonchev–Trinajstić information content (AvgIpc) is 3.08. The van der Waals surface area contributed by atoms with E-state index >= 15 is 0 Å². The molecular formula is C17H24N2O4. The van der Waals surface area contributed by atoms with E-state index in [-0.39, 0.29) is 11.5 Å². The van der Waals surface area contributed by atoms with Crippen LogP contribution in [0.2, 0.25) is 0 Å². The molecule has 0 aliphatic carbocycles. The number of nitrogens with zero attached hydrogens (tertiary/aromatic N) is 2. The van der Waals surface area contributed by atoms with E-state index in [1.807, 2.05) is 4.90 Å². The van der Waals surface area contributed by atoms with Crippen LogP contribution in [0.4, 0.5) is 0 Å². The van der Waals surface area contributed by atoms with Crippen molar-refractivity contribution in [3.8, 4) is 0 Å². The van der Waals surface area contributed by atoms with Crippen LogP contribution in [0.5, 0.6) is 0 Å². The molecule has 1 amide bonds. The summed E-state index contributed by atoms with van der Waals surface area (Å²) in [6.07, 6.45) is 3.76. The van der Waals surface area contributed by atoms with Crippen molar-refractivity contribution in [2.45, 2.75) is 18.4 Å². The molecule has 6 heteroatoms. The summed E-state index contributed by atoms with van der Waals surface area (Å²) in [6, 6.07) is 3.46. The first-order valence-corrected chi connectivity index (χ1v) is 8.51. The number of amides is 1. The minimum absolute atomic E-state index is 0.0281. The Balaban J connectivity index is 1.24. The smallest absolute Gasteiger partial charge is 0.289 e. The molecule has 0 saturated carbocycles. The van der Waals surface area contributed by atoms with Gasteiger partial charge >= 0.3 is 0 Å². The van der Waals surface area contributed by atoms with Crippen molar-refractivity contribution in [2.75, 3.05) is 52.5 Å². The van der Waals surface area contributed by atoms with Crippen molar-refractivity contribution >= 4 is 5.91 Å². The fraction of sp³-hybridized carbons (Fsp3) is 0.706. The number of rotatable bonds is 3. The first kappa shape index (κ1) is 15.2. The second-order valence-electron chi connectivity index (χ2n) is 6.95. The number of carbonyl (C=O) groups is 1. The van der Waals surface area contributed by atoms with Crippen LogP contribution in [-0.4, -0.2) is 73.9 Å². The molecule has 0 N–H and O–H groups in total. The van der Waals surface area contributed by atoms with E-state index in [4.69, 9.17) is 13.9 Å². The molecule has 3 saturated heterocycles. The van der Waals surface area contributed by atoms with Gasteiger partial charge in [0.15, 0.2) is 5.76 Å². The molecule has 4 heterocycles. The lowest BCUT2D eigenvalue weighted by Crippen LogP contribution is -2.66. The molecule has 4 rings (SSSR count). The van der Waals surface area contributed by atoms with E-state index < -0.39 is 0 Å². The highest BCUT2D eigenvalue weighted by atomic mass is 16.5. The van der Waals surface area contributed by atoms with Crippen molar-refractivity contribution in [3.05, 3.63) is 24.2 Å². The average molecular weight is 320 g/mol. The van der Waals surface area contributed by atoms with Gasteiger partial charge in [-0.05, 0) is 30.9 Å². The molecular weight excluding hydrogens is 296 g/mol.